The van der Waals surface area contributed by atoms with Gasteiger partial charge in [0.15, 0.2) is 0 Å². The molecule has 2 rings (SSSR count). The van der Waals surface area contributed by atoms with Crippen LogP contribution in [0.3, 0.4) is 0 Å². The summed E-state index contributed by atoms with van der Waals surface area (Å²) < 4.78 is 4.80. The van der Waals surface area contributed by atoms with E-state index in [1.165, 1.54) is 7.11 Å². The first-order chi connectivity index (χ1) is 11.5. The summed E-state index contributed by atoms with van der Waals surface area (Å²) in [6.45, 7) is 3.58. The van der Waals surface area contributed by atoms with E-state index in [0.717, 1.165) is 16.7 Å². The number of rotatable bonds is 6. The Balaban J connectivity index is 2.11. The minimum absolute atomic E-state index is 0.161. The van der Waals surface area contributed by atoms with Crippen LogP contribution in [0, 0.1) is 5.92 Å². The van der Waals surface area contributed by atoms with Gasteiger partial charge in [-0.3, -0.25) is 4.79 Å². The second-order valence-electron chi connectivity index (χ2n) is 6.01. The number of ether oxygens (including phenoxy) is 1. The number of nitrogens with one attached hydrogen (secondary N) is 1. The predicted octanol–water partition coefficient (Wildman–Crippen LogP) is 3.21. The fraction of sp³-hybridized carbons (Fsp3) is 0.300. The van der Waals surface area contributed by atoms with Crippen LogP contribution in [0.15, 0.2) is 54.6 Å². The molecule has 0 unspecified atom stereocenters. The number of carbonyl (C=O) groups excluding carboxylic acids is 2. The Bertz CT molecular complexity index is 678. The van der Waals surface area contributed by atoms with Crippen LogP contribution in [0.5, 0.6) is 0 Å². The third-order valence-corrected chi connectivity index (χ3v) is 3.83. The van der Waals surface area contributed by atoms with Crippen LogP contribution >= 0.6 is 0 Å². The molecule has 0 aliphatic carbocycles. The van der Waals surface area contributed by atoms with E-state index in [1.807, 2.05) is 42.5 Å². The summed E-state index contributed by atoms with van der Waals surface area (Å²) in [6.07, 6.45) is 0.403. The van der Waals surface area contributed by atoms with Crippen molar-refractivity contribution in [3.63, 3.8) is 0 Å². The van der Waals surface area contributed by atoms with Crippen molar-refractivity contribution in [2.45, 2.75) is 26.3 Å². The average molecular weight is 325 g/mol. The van der Waals surface area contributed by atoms with Gasteiger partial charge in [0.2, 0.25) is 5.91 Å². The van der Waals surface area contributed by atoms with Crippen molar-refractivity contribution in [3.8, 4) is 11.1 Å². The lowest BCUT2D eigenvalue weighted by Crippen LogP contribution is -2.44. The van der Waals surface area contributed by atoms with Crippen molar-refractivity contribution >= 4 is 11.9 Å². The molecule has 4 nitrogen and oxygen atoms in total. The van der Waals surface area contributed by atoms with E-state index in [-0.39, 0.29) is 11.8 Å². The highest BCUT2D eigenvalue weighted by molar-refractivity contribution is 5.85. The van der Waals surface area contributed by atoms with E-state index < -0.39 is 12.0 Å². The number of hydrogen-bond acceptors (Lipinski definition) is 3. The zero-order chi connectivity index (χ0) is 17.5. The van der Waals surface area contributed by atoms with Gasteiger partial charge in [0.25, 0.3) is 0 Å². The molecule has 24 heavy (non-hydrogen) atoms. The zero-order valence-electron chi connectivity index (χ0n) is 14.3. The Kier molecular flexibility index (Phi) is 6.13. The summed E-state index contributed by atoms with van der Waals surface area (Å²) in [6, 6.07) is 17.4. The summed E-state index contributed by atoms with van der Waals surface area (Å²) in [5.74, 6) is -0.778. The third-order valence-electron chi connectivity index (χ3n) is 3.83. The summed E-state index contributed by atoms with van der Waals surface area (Å²) in [4.78, 5) is 23.8. The first kappa shape index (κ1) is 17.7. The van der Waals surface area contributed by atoms with Gasteiger partial charge in [-0.25, -0.2) is 4.79 Å². The molecule has 0 saturated heterocycles. The monoisotopic (exact) mass is 325 g/mol. The van der Waals surface area contributed by atoms with Crippen LogP contribution in [0.25, 0.3) is 11.1 Å². The van der Waals surface area contributed by atoms with Crippen molar-refractivity contribution in [3.05, 3.63) is 60.2 Å². The summed E-state index contributed by atoms with van der Waals surface area (Å²) in [5.41, 5.74) is 3.22. The van der Waals surface area contributed by atoms with Gasteiger partial charge >= 0.3 is 5.97 Å². The molecule has 126 valence electrons. The first-order valence-corrected chi connectivity index (χ1v) is 8.04. The molecule has 0 bridgehead atoms. The average Bonchev–Trinajstić information content (AvgIpc) is 2.61. The van der Waals surface area contributed by atoms with E-state index in [1.54, 1.807) is 13.8 Å². The molecule has 0 aliphatic heterocycles. The van der Waals surface area contributed by atoms with E-state index in [2.05, 4.69) is 17.4 Å². The maximum absolute atomic E-state index is 11.9. The summed E-state index contributed by atoms with van der Waals surface area (Å²) in [7, 11) is 1.33. The molecule has 0 heterocycles. The van der Waals surface area contributed by atoms with Crippen LogP contribution in [0.2, 0.25) is 0 Å². The highest BCUT2D eigenvalue weighted by atomic mass is 16.5. The van der Waals surface area contributed by atoms with Crippen molar-refractivity contribution in [1.29, 1.82) is 0 Å². The van der Waals surface area contributed by atoms with Crippen molar-refractivity contribution in [2.24, 2.45) is 5.92 Å². The first-order valence-electron chi connectivity index (χ1n) is 8.04. The molecule has 0 fully saturated rings. The Morgan fingerprint density at radius 1 is 0.958 bits per heavy atom. The zero-order valence-corrected chi connectivity index (χ0v) is 14.3. The predicted molar refractivity (Wildman–Crippen MR) is 94.4 cm³/mol. The number of esters is 1. The largest absolute Gasteiger partial charge is 0.467 e. The van der Waals surface area contributed by atoms with Crippen molar-refractivity contribution in [2.75, 3.05) is 7.11 Å². The lowest BCUT2D eigenvalue weighted by molar-refractivity contribution is -0.145. The Morgan fingerprint density at radius 3 is 2.08 bits per heavy atom. The lowest BCUT2D eigenvalue weighted by atomic mass is 10.0. The maximum atomic E-state index is 11.9. The molecule has 2 aromatic carbocycles. The fourth-order valence-corrected chi connectivity index (χ4v) is 2.37. The van der Waals surface area contributed by atoms with E-state index in [0.29, 0.717) is 6.42 Å². The topological polar surface area (TPSA) is 55.4 Å². The fourth-order valence-electron chi connectivity index (χ4n) is 2.37. The van der Waals surface area contributed by atoms with Gasteiger partial charge in [0, 0.05) is 12.3 Å². The van der Waals surface area contributed by atoms with E-state index in [4.69, 9.17) is 4.74 Å². The third kappa shape index (κ3) is 4.69. The summed E-state index contributed by atoms with van der Waals surface area (Å²) >= 11 is 0. The minimum atomic E-state index is -0.674. The standard InChI is InChI=1S/C20H23NO3/c1-14(2)19(22)21-18(20(23)24-3)13-15-9-11-17(12-10-15)16-7-5-4-6-8-16/h4-12,14,18H,13H2,1-3H3,(H,21,22)/t18-/m1/s1. The van der Waals surface area contributed by atoms with Crippen LogP contribution in [0.4, 0.5) is 0 Å². The number of amides is 1. The SMILES string of the molecule is COC(=O)[C@@H](Cc1ccc(-c2ccccc2)cc1)NC(=O)C(C)C. The van der Waals surface area contributed by atoms with Crippen LogP contribution in [0.1, 0.15) is 19.4 Å². The van der Waals surface area contributed by atoms with E-state index in [9.17, 15) is 9.59 Å². The Labute approximate surface area is 142 Å². The molecular formula is C20H23NO3. The molecule has 0 saturated carbocycles. The van der Waals surface area contributed by atoms with Gasteiger partial charge in [0.05, 0.1) is 7.11 Å². The lowest BCUT2D eigenvalue weighted by Gasteiger charge is -2.18. The molecule has 1 amide bonds. The second-order valence-corrected chi connectivity index (χ2v) is 6.01. The number of carbonyl (C=O) groups is 2. The normalized spacial score (nSPS) is 11.8. The van der Waals surface area contributed by atoms with Crippen LogP contribution in [-0.2, 0) is 20.7 Å². The Morgan fingerprint density at radius 2 is 1.54 bits per heavy atom. The summed E-state index contributed by atoms with van der Waals surface area (Å²) in [5, 5.41) is 2.75. The molecule has 0 aliphatic rings. The molecule has 0 spiro atoms. The molecule has 1 atom stereocenters. The smallest absolute Gasteiger partial charge is 0.328 e. The van der Waals surface area contributed by atoms with Gasteiger partial charge in [-0.2, -0.15) is 0 Å². The molecule has 4 heteroatoms. The number of hydrogen-bond donors (Lipinski definition) is 1. The minimum Gasteiger partial charge on any atom is -0.467 e. The highest BCUT2D eigenvalue weighted by Gasteiger charge is 2.23. The van der Waals surface area contributed by atoms with Crippen molar-refractivity contribution < 1.29 is 14.3 Å². The van der Waals surface area contributed by atoms with Crippen LogP contribution in [-0.4, -0.2) is 25.0 Å². The van der Waals surface area contributed by atoms with Gasteiger partial charge in [0.1, 0.15) is 6.04 Å². The molecular weight excluding hydrogens is 302 g/mol. The second kappa shape index (κ2) is 8.29. The van der Waals surface area contributed by atoms with Gasteiger partial charge in [-0.05, 0) is 16.7 Å². The van der Waals surface area contributed by atoms with E-state index >= 15 is 0 Å². The quantitative estimate of drug-likeness (QED) is 0.830. The maximum Gasteiger partial charge on any atom is 0.328 e. The number of benzene rings is 2. The molecule has 0 aromatic heterocycles. The van der Waals surface area contributed by atoms with Gasteiger partial charge in [-0.1, -0.05) is 68.4 Å². The Hall–Kier alpha value is -2.62. The molecule has 1 N–H and O–H groups in total. The van der Waals surface area contributed by atoms with Crippen LogP contribution < -0.4 is 5.32 Å². The van der Waals surface area contributed by atoms with Gasteiger partial charge < -0.3 is 10.1 Å². The highest BCUT2D eigenvalue weighted by Crippen LogP contribution is 2.19. The number of methoxy groups -OCH3 is 1. The van der Waals surface area contributed by atoms with Gasteiger partial charge in [-0.15, -0.1) is 0 Å². The molecule has 2 aromatic rings. The molecule has 0 radical (unpaired) electrons. The van der Waals surface area contributed by atoms with Crippen molar-refractivity contribution in [1.82, 2.24) is 5.32 Å².